The number of likely N-dealkylation sites (N-methyl/N-ethyl adjacent to an activating group) is 1. The van der Waals surface area contributed by atoms with Crippen LogP contribution in [0.2, 0.25) is 0 Å². The van der Waals surface area contributed by atoms with E-state index in [1.165, 1.54) is 0 Å². The molecular weight excluding hydrogens is 252 g/mol. The molecule has 1 heterocycles. The second-order valence-electron chi connectivity index (χ2n) is 5.10. The summed E-state index contributed by atoms with van der Waals surface area (Å²) in [4.78, 5) is 4.87. The van der Waals surface area contributed by atoms with Crippen LogP contribution in [0.1, 0.15) is 19.8 Å². The topological polar surface area (TPSA) is 41.7 Å². The molecule has 4 nitrogen and oxygen atoms in total. The lowest BCUT2D eigenvalue weighted by Crippen LogP contribution is -2.46. The highest BCUT2D eigenvalue weighted by Crippen LogP contribution is 2.11. The number of halogens is 2. The van der Waals surface area contributed by atoms with Crippen molar-refractivity contribution < 1.29 is 13.5 Å². The Hall–Kier alpha value is -0.300. The fraction of sp³-hybridized carbons (Fsp3) is 1.00. The number of alkyl halides is 2. The average molecular weight is 279 g/mol. The van der Waals surface area contributed by atoms with Gasteiger partial charge in [0, 0.05) is 32.8 Å². The maximum absolute atomic E-state index is 12.8. The number of hydrogen-bond donors (Lipinski definition) is 1. The van der Waals surface area contributed by atoms with Gasteiger partial charge in [-0.3, -0.25) is 0 Å². The molecule has 19 heavy (non-hydrogen) atoms. The van der Waals surface area contributed by atoms with Crippen LogP contribution in [0, 0.1) is 0 Å². The summed E-state index contributed by atoms with van der Waals surface area (Å²) in [6.07, 6.45) is 1.83. The van der Waals surface area contributed by atoms with Gasteiger partial charge in [0.2, 0.25) is 0 Å². The van der Waals surface area contributed by atoms with E-state index in [2.05, 4.69) is 16.7 Å². The zero-order chi connectivity index (χ0) is 14.1. The molecule has 0 unspecified atom stereocenters. The molecular formula is C13H27F2N3O. The highest BCUT2D eigenvalue weighted by atomic mass is 19.3. The summed E-state index contributed by atoms with van der Waals surface area (Å²) in [5, 5.41) is 0. The maximum atomic E-state index is 12.8. The number of ether oxygens (including phenoxy) is 1. The van der Waals surface area contributed by atoms with E-state index in [1.807, 2.05) is 0 Å². The van der Waals surface area contributed by atoms with Crippen LogP contribution < -0.4 is 5.73 Å². The van der Waals surface area contributed by atoms with E-state index >= 15 is 0 Å². The number of rotatable bonds is 9. The van der Waals surface area contributed by atoms with Crippen molar-refractivity contribution in [2.45, 2.75) is 25.7 Å². The van der Waals surface area contributed by atoms with Gasteiger partial charge in [-0.15, -0.1) is 0 Å². The van der Waals surface area contributed by atoms with E-state index in [0.717, 1.165) is 52.1 Å². The van der Waals surface area contributed by atoms with E-state index in [0.29, 0.717) is 6.61 Å². The van der Waals surface area contributed by atoms with Crippen LogP contribution in [0.25, 0.3) is 0 Å². The van der Waals surface area contributed by atoms with Gasteiger partial charge >= 0.3 is 0 Å². The van der Waals surface area contributed by atoms with Crippen LogP contribution in [-0.4, -0.2) is 74.7 Å². The number of unbranched alkanes of at least 4 members (excludes halogenated alkanes) is 1. The molecule has 1 aliphatic heterocycles. The van der Waals surface area contributed by atoms with Crippen molar-refractivity contribution in [3.63, 3.8) is 0 Å². The van der Waals surface area contributed by atoms with Gasteiger partial charge < -0.3 is 20.3 Å². The van der Waals surface area contributed by atoms with Crippen molar-refractivity contribution in [3.05, 3.63) is 0 Å². The monoisotopic (exact) mass is 279 g/mol. The minimum Gasteiger partial charge on any atom is -0.375 e. The van der Waals surface area contributed by atoms with Crippen LogP contribution in [-0.2, 0) is 4.74 Å². The Balaban J connectivity index is 1.94. The summed E-state index contributed by atoms with van der Waals surface area (Å²) >= 11 is 0. The highest BCUT2D eigenvalue weighted by Gasteiger charge is 2.26. The normalized spacial score (nSPS) is 18.9. The van der Waals surface area contributed by atoms with Crippen molar-refractivity contribution in [1.82, 2.24) is 9.80 Å². The van der Waals surface area contributed by atoms with Gasteiger partial charge in [-0.05, 0) is 25.9 Å². The van der Waals surface area contributed by atoms with Crippen molar-refractivity contribution in [3.8, 4) is 0 Å². The third-order valence-corrected chi connectivity index (χ3v) is 3.54. The van der Waals surface area contributed by atoms with Gasteiger partial charge in [0.1, 0.15) is 6.61 Å². The SMILES string of the molecule is CCN1CCN(CCCCOCC(F)(F)CN)CC1. The van der Waals surface area contributed by atoms with Crippen molar-refractivity contribution >= 4 is 0 Å². The van der Waals surface area contributed by atoms with Gasteiger partial charge in [0.05, 0.1) is 6.54 Å². The van der Waals surface area contributed by atoms with Crippen LogP contribution in [0.3, 0.4) is 0 Å². The Labute approximate surface area is 114 Å². The minimum atomic E-state index is -2.88. The molecule has 0 atom stereocenters. The molecule has 0 radical (unpaired) electrons. The van der Waals surface area contributed by atoms with Crippen molar-refractivity contribution in [2.24, 2.45) is 5.73 Å². The Kier molecular flexibility index (Phi) is 7.75. The van der Waals surface area contributed by atoms with Gasteiger partial charge in [0.15, 0.2) is 0 Å². The summed E-state index contributed by atoms with van der Waals surface area (Å²) < 4.78 is 30.5. The highest BCUT2D eigenvalue weighted by molar-refractivity contribution is 4.70. The van der Waals surface area contributed by atoms with Crippen LogP contribution >= 0.6 is 0 Å². The summed E-state index contributed by atoms with van der Waals surface area (Å²) in [5.41, 5.74) is 4.93. The predicted molar refractivity (Wildman–Crippen MR) is 72.6 cm³/mol. The van der Waals surface area contributed by atoms with Gasteiger partial charge in [0.25, 0.3) is 5.92 Å². The molecule has 1 rings (SSSR count). The summed E-state index contributed by atoms with van der Waals surface area (Å²) in [7, 11) is 0. The molecule has 0 spiro atoms. The molecule has 1 saturated heterocycles. The second kappa shape index (κ2) is 8.79. The van der Waals surface area contributed by atoms with E-state index in [-0.39, 0.29) is 0 Å². The van der Waals surface area contributed by atoms with Crippen LogP contribution in [0.15, 0.2) is 0 Å². The standard InChI is InChI=1S/C13H27F2N3O/c1-2-17-6-8-18(9-7-17)5-3-4-10-19-12-13(14,15)11-16/h2-12,16H2,1H3. The van der Waals surface area contributed by atoms with Crippen molar-refractivity contribution in [2.75, 3.05) is 59.0 Å². The minimum absolute atomic E-state index is 0.393. The lowest BCUT2D eigenvalue weighted by Gasteiger charge is -2.33. The van der Waals surface area contributed by atoms with E-state index < -0.39 is 19.1 Å². The quantitative estimate of drug-likeness (QED) is 0.640. The number of nitrogens with two attached hydrogens (primary N) is 1. The molecule has 0 aromatic carbocycles. The first-order chi connectivity index (χ1) is 9.07. The fourth-order valence-electron chi connectivity index (χ4n) is 2.15. The lowest BCUT2D eigenvalue weighted by molar-refractivity contribution is -0.0699. The molecule has 6 heteroatoms. The van der Waals surface area contributed by atoms with Gasteiger partial charge in [-0.2, -0.15) is 0 Å². The Bertz CT molecular complexity index is 234. The Morgan fingerprint density at radius 1 is 1.11 bits per heavy atom. The number of nitrogens with zero attached hydrogens (tertiary/aromatic N) is 2. The molecule has 114 valence electrons. The molecule has 0 aromatic rings. The second-order valence-corrected chi connectivity index (χ2v) is 5.10. The summed E-state index contributed by atoms with van der Waals surface area (Å²) in [5.74, 6) is -2.88. The molecule has 2 N–H and O–H groups in total. The smallest absolute Gasteiger partial charge is 0.282 e. The van der Waals surface area contributed by atoms with E-state index in [9.17, 15) is 8.78 Å². The predicted octanol–water partition coefficient (Wildman–Crippen LogP) is 1.01. The van der Waals surface area contributed by atoms with Gasteiger partial charge in [-0.25, -0.2) is 8.78 Å². The first-order valence-electron chi connectivity index (χ1n) is 7.18. The summed E-state index contributed by atoms with van der Waals surface area (Å²) in [6, 6.07) is 0. The zero-order valence-electron chi connectivity index (χ0n) is 11.9. The van der Waals surface area contributed by atoms with Crippen LogP contribution in [0.5, 0.6) is 0 Å². The number of piperazine rings is 1. The maximum Gasteiger partial charge on any atom is 0.282 e. The largest absolute Gasteiger partial charge is 0.375 e. The molecule has 1 aliphatic rings. The van der Waals surface area contributed by atoms with Crippen molar-refractivity contribution in [1.29, 1.82) is 0 Å². The van der Waals surface area contributed by atoms with Crippen LogP contribution in [0.4, 0.5) is 8.78 Å². The molecule has 0 bridgehead atoms. The lowest BCUT2D eigenvalue weighted by atomic mass is 10.2. The first kappa shape index (κ1) is 16.8. The zero-order valence-corrected chi connectivity index (χ0v) is 11.9. The third-order valence-electron chi connectivity index (χ3n) is 3.54. The molecule has 0 amide bonds. The Morgan fingerprint density at radius 3 is 2.32 bits per heavy atom. The van der Waals surface area contributed by atoms with E-state index in [4.69, 9.17) is 10.5 Å². The number of hydrogen-bond acceptors (Lipinski definition) is 4. The Morgan fingerprint density at radius 2 is 1.74 bits per heavy atom. The molecule has 0 aliphatic carbocycles. The first-order valence-corrected chi connectivity index (χ1v) is 7.18. The molecule has 1 fully saturated rings. The van der Waals surface area contributed by atoms with Gasteiger partial charge in [-0.1, -0.05) is 6.92 Å². The molecule has 0 saturated carbocycles. The summed E-state index contributed by atoms with van der Waals surface area (Å²) in [6.45, 7) is 8.03. The average Bonchev–Trinajstić information content (AvgIpc) is 2.43. The van der Waals surface area contributed by atoms with E-state index in [1.54, 1.807) is 0 Å². The third kappa shape index (κ3) is 7.15. The fourth-order valence-corrected chi connectivity index (χ4v) is 2.15. The molecule has 0 aromatic heterocycles.